The lowest BCUT2D eigenvalue weighted by Gasteiger charge is -2.22. The van der Waals surface area contributed by atoms with Gasteiger partial charge in [0.15, 0.2) is 0 Å². The van der Waals surface area contributed by atoms with Crippen LogP contribution in [0.4, 0.5) is 0 Å². The van der Waals surface area contributed by atoms with Gasteiger partial charge >= 0.3 is 11.9 Å². The van der Waals surface area contributed by atoms with E-state index in [9.17, 15) is 14.4 Å². The smallest absolute Gasteiger partial charge is 0.348 e. The summed E-state index contributed by atoms with van der Waals surface area (Å²) in [6.45, 7) is 1.43. The summed E-state index contributed by atoms with van der Waals surface area (Å²) in [5, 5.41) is 2.31. The van der Waals surface area contributed by atoms with Crippen LogP contribution in [-0.4, -0.2) is 47.6 Å². The lowest BCUT2D eigenvalue weighted by molar-refractivity contribution is -0.139. The van der Waals surface area contributed by atoms with Crippen molar-refractivity contribution in [1.29, 1.82) is 0 Å². The highest BCUT2D eigenvalue weighted by Crippen LogP contribution is 2.35. The maximum atomic E-state index is 12.9. The molecule has 4 rings (SSSR count). The van der Waals surface area contributed by atoms with Gasteiger partial charge in [-0.2, -0.15) is 0 Å². The Kier molecular flexibility index (Phi) is 5.98. The molecule has 0 radical (unpaired) electrons. The SMILES string of the molecule is COC(=O)Cc1c(C(=O)OC)sc2nc(CN3CCCC3c3cccs3)[nH]c(=O)c12. The fourth-order valence-electron chi connectivity index (χ4n) is 3.84. The zero-order chi connectivity index (χ0) is 21.3. The van der Waals surface area contributed by atoms with E-state index in [-0.39, 0.29) is 22.2 Å². The number of nitrogens with zero attached hydrogens (tertiary/aromatic N) is 2. The van der Waals surface area contributed by atoms with E-state index in [0.29, 0.717) is 28.8 Å². The van der Waals surface area contributed by atoms with Gasteiger partial charge in [-0.3, -0.25) is 14.5 Å². The van der Waals surface area contributed by atoms with Gasteiger partial charge in [0, 0.05) is 16.5 Å². The van der Waals surface area contributed by atoms with Crippen molar-refractivity contribution in [3.05, 3.63) is 49.0 Å². The van der Waals surface area contributed by atoms with Crippen molar-refractivity contribution < 1.29 is 19.1 Å². The second kappa shape index (κ2) is 8.66. The van der Waals surface area contributed by atoms with E-state index in [1.54, 1.807) is 11.3 Å². The minimum Gasteiger partial charge on any atom is -0.469 e. The largest absolute Gasteiger partial charge is 0.469 e. The molecule has 1 fully saturated rings. The first kappa shape index (κ1) is 20.7. The molecule has 1 atom stereocenters. The highest BCUT2D eigenvalue weighted by atomic mass is 32.1. The van der Waals surface area contributed by atoms with Gasteiger partial charge in [0.1, 0.15) is 15.5 Å². The number of carbonyl (C=O) groups excluding carboxylic acids is 2. The van der Waals surface area contributed by atoms with Crippen molar-refractivity contribution in [2.75, 3.05) is 20.8 Å². The number of rotatable bonds is 6. The van der Waals surface area contributed by atoms with Crippen LogP contribution >= 0.6 is 22.7 Å². The molecule has 30 heavy (non-hydrogen) atoms. The first-order chi connectivity index (χ1) is 14.5. The Morgan fingerprint density at radius 1 is 1.33 bits per heavy atom. The molecule has 1 aliphatic rings. The molecule has 0 spiro atoms. The second-order valence-corrected chi connectivity index (χ2v) is 8.97. The van der Waals surface area contributed by atoms with Crippen molar-refractivity contribution in [2.24, 2.45) is 0 Å². The number of aromatic nitrogens is 2. The normalized spacial score (nSPS) is 16.8. The Balaban J connectivity index is 1.70. The molecule has 0 bridgehead atoms. The predicted molar refractivity (Wildman–Crippen MR) is 114 cm³/mol. The van der Waals surface area contributed by atoms with Crippen molar-refractivity contribution in [3.63, 3.8) is 0 Å². The molecule has 8 nitrogen and oxygen atoms in total. The lowest BCUT2D eigenvalue weighted by Crippen LogP contribution is -2.25. The first-order valence-electron chi connectivity index (χ1n) is 9.49. The number of hydrogen-bond acceptors (Lipinski definition) is 9. The second-order valence-electron chi connectivity index (χ2n) is 6.99. The fourth-order valence-corrected chi connectivity index (χ4v) is 5.86. The molecule has 0 aliphatic carbocycles. The maximum absolute atomic E-state index is 12.9. The van der Waals surface area contributed by atoms with Crippen LogP contribution in [0.1, 0.15) is 44.8 Å². The minimum atomic E-state index is -0.602. The number of aromatic amines is 1. The van der Waals surface area contributed by atoms with Crippen LogP contribution in [0.5, 0.6) is 0 Å². The summed E-state index contributed by atoms with van der Waals surface area (Å²) < 4.78 is 9.54. The average molecular weight is 448 g/mol. The van der Waals surface area contributed by atoms with Crippen molar-refractivity contribution in [3.8, 4) is 0 Å². The number of carbonyl (C=O) groups is 2. The Labute approximate surface area is 180 Å². The number of fused-ring (bicyclic) bond motifs is 1. The third-order valence-corrected chi connectivity index (χ3v) is 7.30. The van der Waals surface area contributed by atoms with Crippen LogP contribution in [0.25, 0.3) is 10.2 Å². The monoisotopic (exact) mass is 447 g/mol. The Hall–Kier alpha value is -2.56. The highest BCUT2D eigenvalue weighted by Gasteiger charge is 2.29. The van der Waals surface area contributed by atoms with Crippen LogP contribution in [0, 0.1) is 0 Å². The van der Waals surface area contributed by atoms with E-state index in [2.05, 4.69) is 26.3 Å². The zero-order valence-electron chi connectivity index (χ0n) is 16.6. The molecule has 1 saturated heterocycles. The van der Waals surface area contributed by atoms with Gasteiger partial charge in [0.05, 0.1) is 32.6 Å². The summed E-state index contributed by atoms with van der Waals surface area (Å²) in [5.74, 6) is -0.604. The van der Waals surface area contributed by atoms with E-state index in [1.807, 2.05) is 6.07 Å². The van der Waals surface area contributed by atoms with Gasteiger partial charge < -0.3 is 14.5 Å². The average Bonchev–Trinajstić information content (AvgIpc) is 3.47. The van der Waals surface area contributed by atoms with Crippen molar-refractivity contribution in [2.45, 2.75) is 31.8 Å². The van der Waals surface area contributed by atoms with Gasteiger partial charge in [-0.1, -0.05) is 6.07 Å². The molecule has 0 saturated carbocycles. The zero-order valence-corrected chi connectivity index (χ0v) is 18.2. The summed E-state index contributed by atoms with van der Waals surface area (Å²) in [6, 6.07) is 4.49. The highest BCUT2D eigenvalue weighted by molar-refractivity contribution is 7.20. The number of ether oxygens (including phenoxy) is 2. The predicted octanol–water partition coefficient (Wildman–Crippen LogP) is 2.89. The van der Waals surface area contributed by atoms with Gasteiger partial charge in [-0.05, 0) is 30.8 Å². The summed E-state index contributed by atoms with van der Waals surface area (Å²) in [7, 11) is 2.52. The molecule has 3 aromatic heterocycles. The molecule has 4 heterocycles. The van der Waals surface area contributed by atoms with E-state index in [0.717, 1.165) is 30.7 Å². The van der Waals surface area contributed by atoms with Crippen LogP contribution < -0.4 is 5.56 Å². The number of nitrogens with one attached hydrogen (secondary N) is 1. The molecule has 3 aromatic rings. The maximum Gasteiger partial charge on any atom is 0.348 e. The van der Waals surface area contributed by atoms with Crippen LogP contribution in [0.2, 0.25) is 0 Å². The fraction of sp³-hybridized carbons (Fsp3) is 0.400. The Morgan fingerprint density at radius 3 is 2.87 bits per heavy atom. The number of methoxy groups -OCH3 is 2. The van der Waals surface area contributed by atoms with E-state index >= 15 is 0 Å². The van der Waals surface area contributed by atoms with E-state index in [1.165, 1.54) is 19.1 Å². The lowest BCUT2D eigenvalue weighted by atomic mass is 10.1. The molecule has 158 valence electrons. The summed E-state index contributed by atoms with van der Waals surface area (Å²) >= 11 is 2.80. The first-order valence-corrected chi connectivity index (χ1v) is 11.2. The number of likely N-dealkylation sites (tertiary alicyclic amines) is 1. The van der Waals surface area contributed by atoms with Crippen LogP contribution in [-0.2, 0) is 27.2 Å². The van der Waals surface area contributed by atoms with E-state index < -0.39 is 11.9 Å². The minimum absolute atomic E-state index is 0.197. The molecule has 1 unspecified atom stereocenters. The molecular weight excluding hydrogens is 426 g/mol. The number of H-pyrrole nitrogens is 1. The van der Waals surface area contributed by atoms with Crippen LogP contribution in [0.3, 0.4) is 0 Å². The van der Waals surface area contributed by atoms with Crippen LogP contribution in [0.15, 0.2) is 22.3 Å². The van der Waals surface area contributed by atoms with Gasteiger partial charge in [-0.15, -0.1) is 22.7 Å². The Bertz CT molecular complexity index is 1140. The number of esters is 2. The molecule has 1 N–H and O–H groups in total. The van der Waals surface area contributed by atoms with Crippen molar-refractivity contribution in [1.82, 2.24) is 14.9 Å². The quantitative estimate of drug-likeness (QED) is 0.580. The van der Waals surface area contributed by atoms with Gasteiger partial charge in [-0.25, -0.2) is 9.78 Å². The third kappa shape index (κ3) is 3.90. The van der Waals surface area contributed by atoms with E-state index in [4.69, 9.17) is 9.47 Å². The molecule has 0 aromatic carbocycles. The third-order valence-electron chi connectivity index (χ3n) is 5.22. The van der Waals surface area contributed by atoms with Crippen molar-refractivity contribution >= 4 is 44.8 Å². The summed E-state index contributed by atoms with van der Waals surface area (Å²) in [6.07, 6.45) is 1.96. The molecule has 0 amide bonds. The molecule has 1 aliphatic heterocycles. The molecule has 10 heteroatoms. The Morgan fingerprint density at radius 2 is 2.17 bits per heavy atom. The number of hydrogen-bond donors (Lipinski definition) is 1. The van der Waals surface area contributed by atoms with Gasteiger partial charge in [0.25, 0.3) is 5.56 Å². The van der Waals surface area contributed by atoms with Gasteiger partial charge in [0.2, 0.25) is 0 Å². The summed E-state index contributed by atoms with van der Waals surface area (Å²) in [4.78, 5) is 48.6. The molecular formula is C20H21N3O5S2. The number of thiophene rings is 2. The standard InChI is InChI=1S/C20H21N3O5S2/c1-27-15(24)9-11-16-18(25)21-14(22-19(16)30-17(11)20(26)28-2)10-23-7-3-5-12(23)13-6-4-8-29-13/h4,6,8,12H,3,5,7,9-10H2,1-2H3,(H,21,22,25). The topological polar surface area (TPSA) is 102 Å². The summed E-state index contributed by atoms with van der Waals surface area (Å²) in [5.41, 5.74) is -0.0705.